The first-order chi connectivity index (χ1) is 9.69. The molecule has 1 saturated carbocycles. The maximum Gasteiger partial charge on any atom is 0.185 e. The van der Waals surface area contributed by atoms with Crippen LogP contribution in [-0.2, 0) is 11.3 Å². The quantitative estimate of drug-likeness (QED) is 0.817. The number of nitrogens with zero attached hydrogens (tertiary/aromatic N) is 2. The van der Waals surface area contributed by atoms with E-state index in [0.29, 0.717) is 30.4 Å². The van der Waals surface area contributed by atoms with E-state index in [2.05, 4.69) is 5.10 Å². The van der Waals surface area contributed by atoms with Crippen LogP contribution >= 0.6 is 11.6 Å². The van der Waals surface area contributed by atoms with E-state index in [9.17, 15) is 4.79 Å². The average molecular weight is 300 g/mol. The molecule has 112 valence electrons. The van der Waals surface area contributed by atoms with Crippen LogP contribution in [0.1, 0.15) is 36.2 Å². The Balaban J connectivity index is 2.21. The molecular weight excluding hydrogens is 278 g/mol. The third kappa shape index (κ3) is 3.22. The van der Waals surface area contributed by atoms with Gasteiger partial charge in [0.15, 0.2) is 5.78 Å². The normalized spacial score (nSPS) is 22.9. The van der Waals surface area contributed by atoms with Crippen LogP contribution in [0.2, 0.25) is 5.02 Å². The number of Topliss-reactive ketones (excluding diaryl/α,β-unsaturated/α-hetero) is 1. The number of hydrogen-bond donors (Lipinski definition) is 1. The fraction of sp³-hybridized carbons (Fsp3) is 0.714. The number of ether oxygens (including phenoxy) is 1. The van der Waals surface area contributed by atoms with Crippen molar-refractivity contribution in [1.82, 2.24) is 9.78 Å². The number of carbonyl (C=O) groups is 1. The molecule has 5 nitrogen and oxygen atoms in total. The molecule has 1 fully saturated rings. The molecule has 1 aromatic rings. The summed E-state index contributed by atoms with van der Waals surface area (Å²) in [5.41, 5.74) is 6.32. The van der Waals surface area contributed by atoms with Crippen LogP contribution in [0.15, 0.2) is 6.20 Å². The number of aromatic nitrogens is 2. The number of hydrogen-bond acceptors (Lipinski definition) is 4. The molecule has 0 bridgehead atoms. The minimum Gasteiger partial charge on any atom is -0.383 e. The first-order valence-corrected chi connectivity index (χ1v) is 7.51. The monoisotopic (exact) mass is 299 g/mol. The fourth-order valence-corrected chi connectivity index (χ4v) is 3.20. The summed E-state index contributed by atoms with van der Waals surface area (Å²) in [5.74, 6) is 0.320. The first kappa shape index (κ1) is 15.5. The molecule has 1 heterocycles. The van der Waals surface area contributed by atoms with Crippen LogP contribution in [0.25, 0.3) is 0 Å². The van der Waals surface area contributed by atoms with Crippen LogP contribution in [0.3, 0.4) is 0 Å². The zero-order valence-electron chi connectivity index (χ0n) is 11.8. The highest BCUT2D eigenvalue weighted by Gasteiger charge is 2.33. The van der Waals surface area contributed by atoms with Crippen molar-refractivity contribution < 1.29 is 9.53 Å². The van der Waals surface area contributed by atoms with Crippen molar-refractivity contribution in [2.75, 3.05) is 20.3 Å². The maximum absolute atomic E-state index is 12.8. The molecule has 0 amide bonds. The average Bonchev–Trinajstić information content (AvgIpc) is 2.85. The Bertz CT molecular complexity index is 461. The van der Waals surface area contributed by atoms with Gasteiger partial charge in [0.05, 0.1) is 24.4 Å². The summed E-state index contributed by atoms with van der Waals surface area (Å²) in [5, 5.41) is 4.60. The third-order valence-electron chi connectivity index (χ3n) is 4.08. The highest BCUT2D eigenvalue weighted by atomic mass is 35.5. The number of nitrogens with two attached hydrogens (primary N) is 1. The predicted molar refractivity (Wildman–Crippen MR) is 77.9 cm³/mol. The predicted octanol–water partition coefficient (Wildman–Crippen LogP) is 2.13. The molecule has 20 heavy (non-hydrogen) atoms. The summed E-state index contributed by atoms with van der Waals surface area (Å²) in [6.45, 7) is 1.59. The molecule has 6 heteroatoms. The van der Waals surface area contributed by atoms with Gasteiger partial charge in [-0.05, 0) is 25.3 Å². The van der Waals surface area contributed by atoms with Crippen molar-refractivity contribution >= 4 is 17.4 Å². The number of methoxy groups -OCH3 is 1. The van der Waals surface area contributed by atoms with Crippen LogP contribution in [0, 0.1) is 11.8 Å². The van der Waals surface area contributed by atoms with E-state index in [-0.39, 0.29) is 17.6 Å². The van der Waals surface area contributed by atoms with Gasteiger partial charge in [-0.1, -0.05) is 24.4 Å². The Morgan fingerprint density at radius 1 is 1.55 bits per heavy atom. The second-order valence-corrected chi connectivity index (χ2v) is 5.72. The highest BCUT2D eigenvalue weighted by Crippen LogP contribution is 2.33. The molecule has 1 aliphatic rings. The van der Waals surface area contributed by atoms with Crippen molar-refractivity contribution in [2.45, 2.75) is 32.2 Å². The summed E-state index contributed by atoms with van der Waals surface area (Å²) in [7, 11) is 1.62. The maximum atomic E-state index is 12.8. The molecule has 0 radical (unpaired) electrons. The van der Waals surface area contributed by atoms with E-state index >= 15 is 0 Å². The van der Waals surface area contributed by atoms with Gasteiger partial charge in [-0.25, -0.2) is 0 Å². The summed E-state index contributed by atoms with van der Waals surface area (Å²) in [6.07, 6.45) is 5.69. The second kappa shape index (κ2) is 7.20. The molecule has 0 saturated heterocycles. The fourth-order valence-electron chi connectivity index (χ4n) is 2.97. The molecule has 1 aromatic heterocycles. The van der Waals surface area contributed by atoms with Crippen LogP contribution in [-0.4, -0.2) is 35.8 Å². The topological polar surface area (TPSA) is 70.1 Å². The molecule has 0 spiro atoms. The van der Waals surface area contributed by atoms with Crippen LogP contribution in [0.5, 0.6) is 0 Å². The summed E-state index contributed by atoms with van der Waals surface area (Å²) < 4.78 is 6.69. The van der Waals surface area contributed by atoms with Crippen molar-refractivity contribution in [3.8, 4) is 0 Å². The van der Waals surface area contributed by atoms with Crippen LogP contribution < -0.4 is 5.73 Å². The lowest BCUT2D eigenvalue weighted by Gasteiger charge is -2.29. The molecule has 0 aromatic carbocycles. The molecule has 1 aliphatic carbocycles. The lowest BCUT2D eigenvalue weighted by molar-refractivity contribution is 0.0815. The summed E-state index contributed by atoms with van der Waals surface area (Å²) in [4.78, 5) is 12.8. The molecular formula is C14H22ClN3O2. The van der Waals surface area contributed by atoms with Gasteiger partial charge in [0.1, 0.15) is 5.69 Å². The van der Waals surface area contributed by atoms with Gasteiger partial charge in [0.2, 0.25) is 0 Å². The minimum atomic E-state index is -0.0238. The zero-order chi connectivity index (χ0) is 14.5. The first-order valence-electron chi connectivity index (χ1n) is 7.13. The van der Waals surface area contributed by atoms with Gasteiger partial charge in [0.25, 0.3) is 0 Å². The van der Waals surface area contributed by atoms with Crippen molar-refractivity contribution in [3.63, 3.8) is 0 Å². The van der Waals surface area contributed by atoms with Gasteiger partial charge in [-0.2, -0.15) is 5.10 Å². The van der Waals surface area contributed by atoms with Gasteiger partial charge in [-0.3, -0.25) is 9.48 Å². The molecule has 0 aliphatic heterocycles. The van der Waals surface area contributed by atoms with Crippen molar-refractivity contribution in [2.24, 2.45) is 17.6 Å². The van der Waals surface area contributed by atoms with E-state index in [1.54, 1.807) is 11.8 Å². The van der Waals surface area contributed by atoms with Gasteiger partial charge in [0, 0.05) is 13.0 Å². The summed E-state index contributed by atoms with van der Waals surface area (Å²) >= 11 is 6.15. The zero-order valence-corrected chi connectivity index (χ0v) is 12.6. The van der Waals surface area contributed by atoms with Crippen LogP contribution in [0.4, 0.5) is 0 Å². The lowest BCUT2D eigenvalue weighted by Crippen LogP contribution is -2.33. The number of carbonyl (C=O) groups excluding carboxylic acids is 1. The van der Waals surface area contributed by atoms with Crippen molar-refractivity contribution in [1.29, 1.82) is 0 Å². The van der Waals surface area contributed by atoms with Crippen molar-refractivity contribution in [3.05, 3.63) is 16.9 Å². The van der Waals surface area contributed by atoms with Gasteiger partial charge < -0.3 is 10.5 Å². The Morgan fingerprint density at radius 3 is 3.00 bits per heavy atom. The van der Waals surface area contributed by atoms with E-state index in [4.69, 9.17) is 22.1 Å². The molecule has 2 rings (SSSR count). The summed E-state index contributed by atoms with van der Waals surface area (Å²) in [6, 6.07) is 0. The van der Waals surface area contributed by atoms with E-state index in [0.717, 1.165) is 25.7 Å². The molecule has 2 atom stereocenters. The standard InChI is InChI=1S/C14H22ClN3O2/c1-20-7-6-18-13(12(15)9-17-18)14(19)11-5-3-2-4-10(11)8-16/h9-11H,2-8,16H2,1H3. The Hall–Kier alpha value is -0.910. The smallest absolute Gasteiger partial charge is 0.185 e. The van der Waals surface area contributed by atoms with E-state index < -0.39 is 0 Å². The largest absolute Gasteiger partial charge is 0.383 e. The van der Waals surface area contributed by atoms with E-state index in [1.165, 1.54) is 6.20 Å². The third-order valence-corrected chi connectivity index (χ3v) is 4.36. The number of rotatable bonds is 6. The second-order valence-electron chi connectivity index (χ2n) is 5.31. The Morgan fingerprint density at radius 2 is 2.30 bits per heavy atom. The minimum absolute atomic E-state index is 0.0238. The molecule has 2 N–H and O–H groups in total. The SMILES string of the molecule is COCCn1ncc(Cl)c1C(=O)C1CCCCC1CN. The highest BCUT2D eigenvalue weighted by molar-refractivity contribution is 6.33. The van der Waals surface area contributed by atoms with E-state index in [1.807, 2.05) is 0 Å². The van der Waals surface area contributed by atoms with Gasteiger partial charge >= 0.3 is 0 Å². The van der Waals surface area contributed by atoms with Gasteiger partial charge in [-0.15, -0.1) is 0 Å². The Labute approximate surface area is 124 Å². The lowest BCUT2D eigenvalue weighted by atomic mass is 9.76. The Kier molecular flexibility index (Phi) is 5.57. The molecule has 2 unspecified atom stereocenters. The number of ketones is 1. The number of halogens is 1.